The van der Waals surface area contributed by atoms with Crippen LogP contribution in [0.5, 0.6) is 0 Å². The minimum Gasteiger partial charge on any atom is -0.383 e. The predicted molar refractivity (Wildman–Crippen MR) is 116 cm³/mol. The molecule has 0 unspecified atom stereocenters. The summed E-state index contributed by atoms with van der Waals surface area (Å²) in [6.45, 7) is 1.95. The first-order valence-corrected chi connectivity index (χ1v) is 11.1. The summed E-state index contributed by atoms with van der Waals surface area (Å²) >= 11 is 0. The Morgan fingerprint density at radius 2 is 1.69 bits per heavy atom. The van der Waals surface area contributed by atoms with Crippen molar-refractivity contribution in [3.63, 3.8) is 0 Å². The average molecular weight is 419 g/mol. The fourth-order valence-electron chi connectivity index (χ4n) is 2.70. The lowest BCUT2D eigenvalue weighted by Crippen LogP contribution is -2.37. The molecule has 2 aromatic carbocycles. The highest BCUT2D eigenvalue weighted by Gasteiger charge is 2.12. The first-order chi connectivity index (χ1) is 14.0. The Labute approximate surface area is 173 Å². The third-order valence-electron chi connectivity index (χ3n) is 4.29. The summed E-state index contributed by atoms with van der Waals surface area (Å²) in [6.07, 6.45) is 2.02. The van der Waals surface area contributed by atoms with E-state index in [2.05, 4.69) is 44.6 Å². The molecular formula is C21H30N4O3S. The van der Waals surface area contributed by atoms with Crippen molar-refractivity contribution < 1.29 is 13.2 Å². The van der Waals surface area contributed by atoms with Gasteiger partial charge >= 0.3 is 0 Å². The minimum atomic E-state index is -3.51. The van der Waals surface area contributed by atoms with Crippen LogP contribution >= 0.6 is 0 Å². The van der Waals surface area contributed by atoms with Crippen LogP contribution in [0.3, 0.4) is 0 Å². The minimum absolute atomic E-state index is 0.237. The monoisotopic (exact) mass is 418 g/mol. The molecule has 0 heterocycles. The van der Waals surface area contributed by atoms with Gasteiger partial charge in [-0.1, -0.05) is 42.5 Å². The summed E-state index contributed by atoms with van der Waals surface area (Å²) in [6, 6.07) is 17.2. The molecule has 2 rings (SSSR count). The molecule has 7 nitrogen and oxygen atoms in total. The van der Waals surface area contributed by atoms with Crippen molar-refractivity contribution >= 4 is 16.0 Å². The summed E-state index contributed by atoms with van der Waals surface area (Å²) in [5.74, 6) is 0.719. The Balaban J connectivity index is 1.76. The van der Waals surface area contributed by atoms with Crippen molar-refractivity contribution in [2.45, 2.75) is 24.3 Å². The van der Waals surface area contributed by atoms with Crippen molar-refractivity contribution in [1.82, 2.24) is 15.4 Å². The Morgan fingerprint density at radius 3 is 2.34 bits per heavy atom. The van der Waals surface area contributed by atoms with E-state index < -0.39 is 10.0 Å². The van der Waals surface area contributed by atoms with Crippen LogP contribution in [-0.2, 0) is 27.7 Å². The van der Waals surface area contributed by atoms with Crippen LogP contribution in [0.1, 0.15) is 17.5 Å². The lowest BCUT2D eigenvalue weighted by Gasteiger charge is -2.12. The van der Waals surface area contributed by atoms with E-state index in [4.69, 9.17) is 4.74 Å². The van der Waals surface area contributed by atoms with Crippen molar-refractivity contribution in [2.75, 3.05) is 33.9 Å². The Kier molecular flexibility index (Phi) is 9.63. The Bertz CT molecular complexity index is 853. The van der Waals surface area contributed by atoms with Gasteiger partial charge in [-0.25, -0.2) is 13.1 Å². The van der Waals surface area contributed by atoms with E-state index in [0.717, 1.165) is 30.9 Å². The third kappa shape index (κ3) is 8.23. The van der Waals surface area contributed by atoms with Crippen LogP contribution in [0.15, 0.2) is 64.5 Å². The summed E-state index contributed by atoms with van der Waals surface area (Å²) in [5.41, 5.74) is 2.29. The van der Waals surface area contributed by atoms with Crippen LogP contribution in [0.4, 0.5) is 0 Å². The van der Waals surface area contributed by atoms with Gasteiger partial charge in [0.2, 0.25) is 10.0 Å². The standard InChI is InChI=1S/C21H30N4O3S/c1-22-21(23-14-6-9-18-7-4-3-5-8-18)24-17-19-10-12-20(13-11-19)29(26,27)25-15-16-28-2/h3-5,7-8,10-13,25H,6,9,14-17H2,1-2H3,(H2,22,23,24). The van der Waals surface area contributed by atoms with E-state index in [1.807, 2.05) is 6.07 Å². The van der Waals surface area contributed by atoms with E-state index in [0.29, 0.717) is 13.2 Å². The molecule has 0 aliphatic rings. The summed E-state index contributed by atoms with van der Waals surface area (Å²) < 4.78 is 31.7. The first-order valence-electron chi connectivity index (χ1n) is 9.61. The molecule has 0 aliphatic heterocycles. The van der Waals surface area contributed by atoms with E-state index in [1.54, 1.807) is 31.3 Å². The number of rotatable bonds is 11. The van der Waals surface area contributed by atoms with Gasteiger partial charge < -0.3 is 15.4 Å². The number of aliphatic imine (C=N–C) groups is 1. The Morgan fingerprint density at radius 1 is 0.966 bits per heavy atom. The summed E-state index contributed by atoms with van der Waals surface area (Å²) in [5, 5.41) is 6.54. The highest BCUT2D eigenvalue weighted by molar-refractivity contribution is 7.89. The van der Waals surface area contributed by atoms with Crippen molar-refractivity contribution in [2.24, 2.45) is 4.99 Å². The quantitative estimate of drug-likeness (QED) is 0.295. The fraction of sp³-hybridized carbons (Fsp3) is 0.381. The van der Waals surface area contributed by atoms with Gasteiger partial charge in [-0.3, -0.25) is 4.99 Å². The number of aryl methyl sites for hydroxylation is 1. The van der Waals surface area contributed by atoms with Crippen LogP contribution in [0, 0.1) is 0 Å². The third-order valence-corrected chi connectivity index (χ3v) is 5.77. The zero-order chi connectivity index (χ0) is 21.0. The maximum absolute atomic E-state index is 12.2. The largest absolute Gasteiger partial charge is 0.383 e. The van der Waals surface area contributed by atoms with Gasteiger partial charge in [0.25, 0.3) is 0 Å². The molecule has 29 heavy (non-hydrogen) atoms. The molecule has 3 N–H and O–H groups in total. The number of nitrogens with zero attached hydrogens (tertiary/aromatic N) is 1. The van der Waals surface area contributed by atoms with Gasteiger partial charge in [-0.05, 0) is 36.1 Å². The van der Waals surface area contributed by atoms with Crippen molar-refractivity contribution in [3.8, 4) is 0 Å². The number of sulfonamides is 1. The number of hydrogen-bond acceptors (Lipinski definition) is 4. The predicted octanol–water partition coefficient (Wildman–Crippen LogP) is 1.91. The summed E-state index contributed by atoms with van der Waals surface area (Å²) in [7, 11) is -0.250. The molecule has 8 heteroatoms. The molecule has 0 saturated carbocycles. The fourth-order valence-corrected chi connectivity index (χ4v) is 3.71. The van der Waals surface area contributed by atoms with Crippen LogP contribution in [0.25, 0.3) is 0 Å². The van der Waals surface area contributed by atoms with Crippen LogP contribution < -0.4 is 15.4 Å². The number of benzene rings is 2. The van der Waals surface area contributed by atoms with Gasteiger partial charge in [-0.15, -0.1) is 0 Å². The van der Waals surface area contributed by atoms with Gasteiger partial charge in [0.1, 0.15) is 0 Å². The average Bonchev–Trinajstić information content (AvgIpc) is 2.74. The normalized spacial score (nSPS) is 12.0. The first kappa shape index (κ1) is 22.9. The lowest BCUT2D eigenvalue weighted by molar-refractivity contribution is 0.204. The molecule has 0 atom stereocenters. The zero-order valence-corrected chi connectivity index (χ0v) is 17.8. The molecule has 0 fully saturated rings. The number of guanidine groups is 1. The topological polar surface area (TPSA) is 91.8 Å². The van der Waals surface area contributed by atoms with Crippen molar-refractivity contribution in [3.05, 3.63) is 65.7 Å². The van der Waals surface area contributed by atoms with E-state index in [9.17, 15) is 8.42 Å². The molecule has 158 valence electrons. The van der Waals surface area contributed by atoms with Crippen molar-refractivity contribution in [1.29, 1.82) is 0 Å². The van der Waals surface area contributed by atoms with Gasteiger partial charge in [-0.2, -0.15) is 0 Å². The molecule has 0 aromatic heterocycles. The highest BCUT2D eigenvalue weighted by atomic mass is 32.2. The van der Waals surface area contributed by atoms with E-state index >= 15 is 0 Å². The second-order valence-electron chi connectivity index (χ2n) is 6.48. The van der Waals surface area contributed by atoms with Crippen LogP contribution in [0.2, 0.25) is 0 Å². The second kappa shape index (κ2) is 12.2. The number of hydrogen-bond donors (Lipinski definition) is 3. The molecule has 2 aromatic rings. The van der Waals surface area contributed by atoms with Gasteiger partial charge in [0.15, 0.2) is 5.96 Å². The summed E-state index contributed by atoms with van der Waals surface area (Å²) in [4.78, 5) is 4.46. The molecule has 0 spiro atoms. The molecule has 0 bridgehead atoms. The van der Waals surface area contributed by atoms with E-state index in [-0.39, 0.29) is 11.4 Å². The molecule has 0 saturated heterocycles. The van der Waals surface area contributed by atoms with Gasteiger partial charge in [0, 0.05) is 33.8 Å². The van der Waals surface area contributed by atoms with E-state index in [1.165, 1.54) is 12.7 Å². The van der Waals surface area contributed by atoms with Crippen LogP contribution in [-0.4, -0.2) is 48.2 Å². The number of methoxy groups -OCH3 is 1. The van der Waals surface area contributed by atoms with Gasteiger partial charge in [0.05, 0.1) is 11.5 Å². The smallest absolute Gasteiger partial charge is 0.240 e. The molecule has 0 radical (unpaired) electrons. The second-order valence-corrected chi connectivity index (χ2v) is 8.24. The number of ether oxygens (including phenoxy) is 1. The molecular weight excluding hydrogens is 388 g/mol. The molecule has 0 aliphatic carbocycles. The SMILES string of the molecule is CN=C(NCCCc1ccccc1)NCc1ccc(S(=O)(=O)NCCOC)cc1. The maximum atomic E-state index is 12.2. The zero-order valence-electron chi connectivity index (χ0n) is 17.0. The lowest BCUT2D eigenvalue weighted by atomic mass is 10.1. The Hall–Kier alpha value is -2.42. The number of nitrogens with one attached hydrogen (secondary N) is 3. The molecule has 0 amide bonds. The maximum Gasteiger partial charge on any atom is 0.240 e. The highest BCUT2D eigenvalue weighted by Crippen LogP contribution is 2.10.